The van der Waals surface area contributed by atoms with Gasteiger partial charge in [-0.15, -0.1) is 0 Å². The second-order valence-corrected chi connectivity index (χ2v) is 8.71. The summed E-state index contributed by atoms with van der Waals surface area (Å²) in [6.45, 7) is 2.00. The van der Waals surface area contributed by atoms with Crippen LogP contribution in [0.15, 0.2) is 48.7 Å². The van der Waals surface area contributed by atoms with Crippen LogP contribution in [0.25, 0.3) is 10.9 Å². The SMILES string of the molecule is Cc1cccc(NC2CCC(=O)NC2=O)c1.Cn1ncc2cc(NC3CCC(=O)NC3=O)ccc21. The molecule has 2 unspecified atom stereocenters. The Balaban J connectivity index is 0.000000168. The van der Waals surface area contributed by atoms with E-state index in [2.05, 4.69) is 26.4 Å². The number of hydrogen-bond donors (Lipinski definition) is 4. The van der Waals surface area contributed by atoms with Crippen LogP contribution >= 0.6 is 0 Å². The second kappa shape index (κ2) is 10.4. The molecule has 2 aliphatic rings. The van der Waals surface area contributed by atoms with Crippen molar-refractivity contribution in [3.63, 3.8) is 0 Å². The lowest BCUT2D eigenvalue weighted by Gasteiger charge is -2.22. The number of amides is 4. The standard InChI is InChI=1S/C13H14N4O2.C12H14N2O2/c1-17-11-4-2-9(6-8(11)7-14-17)15-10-3-5-12(18)16-13(10)19;1-8-3-2-4-9(7-8)13-10-5-6-11(15)14-12(10)16/h2,4,6-7,10,15H,3,5H2,1H3,(H,16,18,19);2-4,7,10,13H,5-6H2,1H3,(H,14,15,16). The third-order valence-electron chi connectivity index (χ3n) is 5.92. The summed E-state index contributed by atoms with van der Waals surface area (Å²) >= 11 is 0. The topological polar surface area (TPSA) is 134 Å². The fourth-order valence-corrected chi connectivity index (χ4v) is 4.05. The molecule has 182 valence electrons. The number of nitrogens with one attached hydrogen (secondary N) is 4. The molecule has 0 saturated carbocycles. The van der Waals surface area contributed by atoms with E-state index in [0.717, 1.165) is 27.8 Å². The lowest BCUT2D eigenvalue weighted by atomic mass is 10.1. The van der Waals surface area contributed by atoms with Crippen molar-refractivity contribution in [3.05, 3.63) is 54.2 Å². The van der Waals surface area contributed by atoms with Gasteiger partial charge in [-0.1, -0.05) is 12.1 Å². The molecule has 3 heterocycles. The molecule has 4 amide bonds. The number of imide groups is 2. The van der Waals surface area contributed by atoms with Gasteiger partial charge in [0.2, 0.25) is 23.6 Å². The lowest BCUT2D eigenvalue weighted by molar-refractivity contribution is -0.135. The van der Waals surface area contributed by atoms with Crippen molar-refractivity contribution < 1.29 is 19.2 Å². The third-order valence-corrected chi connectivity index (χ3v) is 5.92. The number of carbonyl (C=O) groups is 4. The lowest BCUT2D eigenvalue weighted by Crippen LogP contribution is -2.47. The Labute approximate surface area is 202 Å². The van der Waals surface area contributed by atoms with E-state index in [1.165, 1.54) is 0 Å². The van der Waals surface area contributed by atoms with Gasteiger partial charge < -0.3 is 10.6 Å². The number of aryl methyl sites for hydroxylation is 2. The summed E-state index contributed by atoms with van der Waals surface area (Å²) in [5.74, 6) is -0.890. The Kier molecular flexibility index (Phi) is 7.09. The molecular formula is C25H28N6O4. The van der Waals surface area contributed by atoms with E-state index in [0.29, 0.717) is 25.7 Å². The zero-order valence-electron chi connectivity index (χ0n) is 19.6. The summed E-state index contributed by atoms with van der Waals surface area (Å²) in [6.07, 6.45) is 3.63. The van der Waals surface area contributed by atoms with Crippen LogP contribution < -0.4 is 21.3 Å². The van der Waals surface area contributed by atoms with Crippen LogP contribution in [0.3, 0.4) is 0 Å². The zero-order valence-corrected chi connectivity index (χ0v) is 19.6. The van der Waals surface area contributed by atoms with Gasteiger partial charge in [0.1, 0.15) is 12.1 Å². The van der Waals surface area contributed by atoms with Crippen molar-refractivity contribution in [2.45, 2.75) is 44.7 Å². The Morgan fingerprint density at radius 1 is 0.857 bits per heavy atom. The van der Waals surface area contributed by atoms with Crippen LogP contribution in [0.5, 0.6) is 0 Å². The van der Waals surface area contributed by atoms with Gasteiger partial charge in [-0.3, -0.25) is 34.5 Å². The van der Waals surface area contributed by atoms with Crippen LogP contribution in [0.2, 0.25) is 0 Å². The van der Waals surface area contributed by atoms with Gasteiger partial charge in [0.15, 0.2) is 0 Å². The van der Waals surface area contributed by atoms with Gasteiger partial charge in [-0.25, -0.2) is 0 Å². The maximum Gasteiger partial charge on any atom is 0.249 e. The van der Waals surface area contributed by atoms with Gasteiger partial charge in [0.05, 0.1) is 11.7 Å². The van der Waals surface area contributed by atoms with Gasteiger partial charge in [0.25, 0.3) is 0 Å². The molecule has 35 heavy (non-hydrogen) atoms. The van der Waals surface area contributed by atoms with Crippen molar-refractivity contribution in [2.24, 2.45) is 7.05 Å². The average Bonchev–Trinajstić information content (AvgIpc) is 3.18. The summed E-state index contributed by atoms with van der Waals surface area (Å²) < 4.78 is 1.80. The maximum atomic E-state index is 11.7. The molecule has 2 aromatic carbocycles. The molecule has 5 rings (SSSR count). The highest BCUT2D eigenvalue weighted by molar-refractivity contribution is 6.02. The number of nitrogens with zero attached hydrogens (tertiary/aromatic N) is 2. The first-order valence-electron chi connectivity index (χ1n) is 11.5. The van der Waals surface area contributed by atoms with E-state index in [1.54, 1.807) is 10.9 Å². The highest BCUT2D eigenvalue weighted by atomic mass is 16.2. The number of fused-ring (bicyclic) bond motifs is 1. The molecule has 10 nitrogen and oxygen atoms in total. The van der Waals surface area contributed by atoms with Crippen LogP contribution in [0.1, 0.15) is 31.2 Å². The van der Waals surface area contributed by atoms with E-state index < -0.39 is 0 Å². The van der Waals surface area contributed by atoms with E-state index in [9.17, 15) is 19.2 Å². The molecule has 2 saturated heterocycles. The van der Waals surface area contributed by atoms with Crippen molar-refractivity contribution in [3.8, 4) is 0 Å². The van der Waals surface area contributed by atoms with Gasteiger partial charge in [-0.2, -0.15) is 5.10 Å². The number of benzene rings is 2. The highest BCUT2D eigenvalue weighted by Crippen LogP contribution is 2.20. The summed E-state index contributed by atoms with van der Waals surface area (Å²) in [6, 6.07) is 13.0. The summed E-state index contributed by atoms with van der Waals surface area (Å²) in [7, 11) is 1.88. The molecule has 0 bridgehead atoms. The van der Waals surface area contributed by atoms with E-state index in [1.807, 2.05) is 56.4 Å². The number of rotatable bonds is 4. The minimum atomic E-state index is -0.355. The summed E-state index contributed by atoms with van der Waals surface area (Å²) in [4.78, 5) is 45.2. The van der Waals surface area contributed by atoms with Crippen LogP contribution in [-0.2, 0) is 26.2 Å². The number of anilines is 2. The molecule has 0 radical (unpaired) electrons. The van der Waals surface area contributed by atoms with Crippen LogP contribution in [0.4, 0.5) is 11.4 Å². The fraction of sp³-hybridized carbons (Fsp3) is 0.320. The molecule has 2 aliphatic heterocycles. The molecule has 1 aromatic heterocycles. The average molecular weight is 477 g/mol. The zero-order chi connectivity index (χ0) is 24.9. The quantitative estimate of drug-likeness (QED) is 0.423. The van der Waals surface area contributed by atoms with Crippen molar-refractivity contribution in [1.29, 1.82) is 0 Å². The Morgan fingerprint density at radius 3 is 2.03 bits per heavy atom. The highest BCUT2D eigenvalue weighted by Gasteiger charge is 2.27. The molecule has 0 spiro atoms. The summed E-state index contributed by atoms with van der Waals surface area (Å²) in [5.41, 5.74) is 3.94. The first-order chi connectivity index (χ1) is 16.8. The monoisotopic (exact) mass is 476 g/mol. The molecule has 2 fully saturated rings. The van der Waals surface area contributed by atoms with E-state index in [4.69, 9.17) is 0 Å². The van der Waals surface area contributed by atoms with E-state index >= 15 is 0 Å². The van der Waals surface area contributed by atoms with Crippen LogP contribution in [-0.4, -0.2) is 45.5 Å². The molecule has 3 aromatic rings. The number of hydrogen-bond acceptors (Lipinski definition) is 7. The van der Waals surface area contributed by atoms with Gasteiger partial charge in [0, 0.05) is 36.7 Å². The van der Waals surface area contributed by atoms with Crippen molar-refractivity contribution >= 4 is 45.9 Å². The second-order valence-electron chi connectivity index (χ2n) is 8.71. The minimum absolute atomic E-state index is 0.188. The van der Waals surface area contributed by atoms with E-state index in [-0.39, 0.29) is 35.7 Å². The number of piperidine rings is 2. The number of carbonyl (C=O) groups excluding carboxylic acids is 4. The van der Waals surface area contributed by atoms with Gasteiger partial charge >= 0.3 is 0 Å². The molecular weight excluding hydrogens is 448 g/mol. The first kappa shape index (κ1) is 23.9. The molecule has 4 N–H and O–H groups in total. The Morgan fingerprint density at radius 2 is 1.46 bits per heavy atom. The molecule has 2 atom stereocenters. The first-order valence-corrected chi connectivity index (χ1v) is 11.5. The predicted molar refractivity (Wildman–Crippen MR) is 131 cm³/mol. The summed E-state index contributed by atoms with van der Waals surface area (Å²) in [5, 5.41) is 16.1. The Hall–Kier alpha value is -4.21. The predicted octanol–water partition coefficient (Wildman–Crippen LogP) is 2.00. The maximum absolute atomic E-state index is 11.7. The Bertz CT molecular complexity index is 1280. The fourth-order valence-electron chi connectivity index (χ4n) is 4.05. The minimum Gasteiger partial charge on any atom is -0.374 e. The molecule has 0 aliphatic carbocycles. The smallest absolute Gasteiger partial charge is 0.249 e. The number of aromatic nitrogens is 2. The van der Waals surface area contributed by atoms with Gasteiger partial charge in [-0.05, 0) is 55.7 Å². The normalized spacial score (nSPS) is 19.9. The van der Waals surface area contributed by atoms with Crippen molar-refractivity contribution in [2.75, 3.05) is 10.6 Å². The van der Waals surface area contributed by atoms with Crippen molar-refractivity contribution in [1.82, 2.24) is 20.4 Å². The third kappa shape index (κ3) is 6.03. The molecule has 10 heteroatoms. The van der Waals surface area contributed by atoms with Crippen LogP contribution in [0, 0.1) is 6.92 Å². The largest absolute Gasteiger partial charge is 0.374 e.